The molecule has 0 bridgehead atoms. The first-order valence-electron chi connectivity index (χ1n) is 10.3. The Labute approximate surface area is 172 Å². The molecular weight excluding hydrogens is 369 g/mol. The molecule has 0 aromatic heterocycles. The van der Waals surface area contributed by atoms with Gasteiger partial charge in [0.25, 0.3) is 0 Å². The summed E-state index contributed by atoms with van der Waals surface area (Å²) in [6.45, 7) is 6.79. The fourth-order valence-electron chi connectivity index (χ4n) is 3.29. The third-order valence-corrected chi connectivity index (χ3v) is 4.93. The van der Waals surface area contributed by atoms with Crippen molar-refractivity contribution in [2.75, 3.05) is 19.7 Å². The van der Waals surface area contributed by atoms with E-state index in [0.717, 1.165) is 32.5 Å². The molecule has 0 saturated heterocycles. The standard InChI is InChI=1S/C24H30FNO3/c1-3-26(18-19-10-6-5-7-11-19)17-9-8-12-22(24(28)29-4-2)23(27)20-13-15-21(25)16-14-20/h5-7,10-11,13-16,22H,3-4,8-9,12,17-18H2,1-2H3. The third-order valence-electron chi connectivity index (χ3n) is 4.93. The van der Waals surface area contributed by atoms with Gasteiger partial charge in [-0.2, -0.15) is 0 Å². The van der Waals surface area contributed by atoms with Gasteiger partial charge < -0.3 is 4.74 Å². The van der Waals surface area contributed by atoms with Gasteiger partial charge in [0.1, 0.15) is 11.7 Å². The lowest BCUT2D eigenvalue weighted by Gasteiger charge is -2.21. The summed E-state index contributed by atoms with van der Waals surface area (Å²) < 4.78 is 18.2. The highest BCUT2D eigenvalue weighted by Gasteiger charge is 2.28. The van der Waals surface area contributed by atoms with Gasteiger partial charge in [-0.1, -0.05) is 43.7 Å². The van der Waals surface area contributed by atoms with E-state index in [0.29, 0.717) is 12.0 Å². The number of carbonyl (C=O) groups is 2. The molecule has 2 aromatic rings. The molecule has 0 aliphatic carbocycles. The Morgan fingerprint density at radius 3 is 2.31 bits per heavy atom. The average Bonchev–Trinajstić information content (AvgIpc) is 2.73. The highest BCUT2D eigenvalue weighted by atomic mass is 19.1. The van der Waals surface area contributed by atoms with Gasteiger partial charge in [-0.05, 0) is 62.7 Å². The number of rotatable bonds is 12. The molecule has 2 rings (SSSR count). The zero-order chi connectivity index (χ0) is 21.1. The Kier molecular flexibility index (Phi) is 9.51. The van der Waals surface area contributed by atoms with Gasteiger partial charge in [-0.15, -0.1) is 0 Å². The Morgan fingerprint density at radius 2 is 1.69 bits per heavy atom. The summed E-state index contributed by atoms with van der Waals surface area (Å²) in [5.74, 6) is -2.06. The predicted octanol–water partition coefficient (Wildman–Crippen LogP) is 4.88. The van der Waals surface area contributed by atoms with Crippen LogP contribution in [0.1, 0.15) is 49.0 Å². The van der Waals surface area contributed by atoms with Crippen LogP contribution < -0.4 is 0 Å². The van der Waals surface area contributed by atoms with Crippen molar-refractivity contribution in [3.8, 4) is 0 Å². The van der Waals surface area contributed by atoms with E-state index in [1.807, 2.05) is 18.2 Å². The van der Waals surface area contributed by atoms with Crippen LogP contribution in [0.2, 0.25) is 0 Å². The molecule has 0 aliphatic heterocycles. The third kappa shape index (κ3) is 7.42. The summed E-state index contributed by atoms with van der Waals surface area (Å²) in [5.41, 5.74) is 1.61. The van der Waals surface area contributed by atoms with Gasteiger partial charge in [0.05, 0.1) is 6.61 Å². The molecule has 1 atom stereocenters. The van der Waals surface area contributed by atoms with Crippen LogP contribution in [-0.2, 0) is 16.1 Å². The van der Waals surface area contributed by atoms with E-state index in [9.17, 15) is 14.0 Å². The molecule has 1 unspecified atom stereocenters. The largest absolute Gasteiger partial charge is 0.465 e. The molecule has 2 aromatic carbocycles. The Hall–Kier alpha value is -2.53. The number of ether oxygens (including phenoxy) is 1. The number of unbranched alkanes of at least 4 members (excludes halogenated alkanes) is 1. The first-order chi connectivity index (χ1) is 14.0. The molecule has 4 nitrogen and oxygen atoms in total. The molecule has 0 saturated carbocycles. The second-order valence-corrected chi connectivity index (χ2v) is 7.03. The van der Waals surface area contributed by atoms with E-state index in [4.69, 9.17) is 4.74 Å². The molecule has 0 heterocycles. The smallest absolute Gasteiger partial charge is 0.316 e. The number of benzene rings is 2. The lowest BCUT2D eigenvalue weighted by Crippen LogP contribution is -2.27. The van der Waals surface area contributed by atoms with Crippen LogP contribution in [-0.4, -0.2) is 36.3 Å². The van der Waals surface area contributed by atoms with E-state index in [2.05, 4.69) is 24.0 Å². The predicted molar refractivity (Wildman–Crippen MR) is 112 cm³/mol. The molecular formula is C24H30FNO3. The first-order valence-corrected chi connectivity index (χ1v) is 10.3. The van der Waals surface area contributed by atoms with Crippen molar-refractivity contribution in [1.82, 2.24) is 4.90 Å². The van der Waals surface area contributed by atoms with Crippen molar-refractivity contribution in [3.63, 3.8) is 0 Å². The van der Waals surface area contributed by atoms with Crippen LogP contribution in [0.15, 0.2) is 54.6 Å². The lowest BCUT2D eigenvalue weighted by molar-refractivity contribution is -0.146. The summed E-state index contributed by atoms with van der Waals surface area (Å²) in [6, 6.07) is 15.6. The summed E-state index contributed by atoms with van der Waals surface area (Å²) in [5, 5.41) is 0. The van der Waals surface area contributed by atoms with E-state index < -0.39 is 17.7 Å². The maximum atomic E-state index is 13.1. The summed E-state index contributed by atoms with van der Waals surface area (Å²) in [6.07, 6.45) is 2.05. The van der Waals surface area contributed by atoms with Gasteiger partial charge in [0, 0.05) is 12.1 Å². The van der Waals surface area contributed by atoms with Gasteiger partial charge in [-0.25, -0.2) is 4.39 Å². The molecule has 0 N–H and O–H groups in total. The summed E-state index contributed by atoms with van der Waals surface area (Å²) >= 11 is 0. The highest BCUT2D eigenvalue weighted by Crippen LogP contribution is 2.18. The van der Waals surface area contributed by atoms with E-state index >= 15 is 0 Å². The lowest BCUT2D eigenvalue weighted by atomic mass is 9.92. The van der Waals surface area contributed by atoms with Gasteiger partial charge in [-0.3, -0.25) is 14.5 Å². The number of hydrogen-bond acceptors (Lipinski definition) is 4. The number of esters is 1. The van der Waals surface area contributed by atoms with Gasteiger partial charge in [0.15, 0.2) is 5.78 Å². The number of Topliss-reactive ketones (excluding diaryl/α,β-unsaturated/α-hetero) is 1. The second-order valence-electron chi connectivity index (χ2n) is 7.03. The number of carbonyl (C=O) groups excluding carboxylic acids is 2. The molecule has 0 amide bonds. The van der Waals surface area contributed by atoms with Gasteiger partial charge >= 0.3 is 5.97 Å². The number of hydrogen-bond donors (Lipinski definition) is 0. The topological polar surface area (TPSA) is 46.6 Å². The van der Waals surface area contributed by atoms with Crippen LogP contribution >= 0.6 is 0 Å². The number of ketones is 1. The Balaban J connectivity index is 1.90. The second kappa shape index (κ2) is 12.1. The van der Waals surface area contributed by atoms with E-state index in [-0.39, 0.29) is 12.4 Å². The molecule has 0 aliphatic rings. The summed E-state index contributed by atoms with van der Waals surface area (Å²) in [7, 11) is 0. The molecule has 0 spiro atoms. The first kappa shape index (κ1) is 22.8. The minimum atomic E-state index is -0.843. The monoisotopic (exact) mass is 399 g/mol. The molecule has 29 heavy (non-hydrogen) atoms. The zero-order valence-electron chi connectivity index (χ0n) is 17.3. The van der Waals surface area contributed by atoms with Crippen molar-refractivity contribution < 1.29 is 18.7 Å². The molecule has 156 valence electrons. The summed E-state index contributed by atoms with van der Waals surface area (Å²) in [4.78, 5) is 27.4. The van der Waals surface area contributed by atoms with Crippen LogP contribution in [0, 0.1) is 11.7 Å². The van der Waals surface area contributed by atoms with Crippen LogP contribution in [0.3, 0.4) is 0 Å². The quantitative estimate of drug-likeness (QED) is 0.221. The normalized spacial score (nSPS) is 12.0. The molecule has 5 heteroatoms. The molecule has 0 radical (unpaired) electrons. The maximum Gasteiger partial charge on any atom is 0.316 e. The minimum Gasteiger partial charge on any atom is -0.465 e. The van der Waals surface area contributed by atoms with Gasteiger partial charge in [0.2, 0.25) is 0 Å². The van der Waals surface area contributed by atoms with Crippen molar-refractivity contribution in [2.45, 2.75) is 39.7 Å². The SMILES string of the molecule is CCOC(=O)C(CCCCN(CC)Cc1ccccc1)C(=O)c1ccc(F)cc1. The molecule has 0 fully saturated rings. The average molecular weight is 400 g/mol. The fourth-order valence-corrected chi connectivity index (χ4v) is 3.29. The Morgan fingerprint density at radius 1 is 1.00 bits per heavy atom. The van der Waals surface area contributed by atoms with Crippen molar-refractivity contribution >= 4 is 11.8 Å². The maximum absolute atomic E-state index is 13.1. The van der Waals surface area contributed by atoms with E-state index in [1.165, 1.54) is 29.8 Å². The highest BCUT2D eigenvalue weighted by molar-refractivity contribution is 6.08. The zero-order valence-corrected chi connectivity index (χ0v) is 17.3. The number of halogens is 1. The minimum absolute atomic E-state index is 0.229. The Bertz CT molecular complexity index is 761. The van der Waals surface area contributed by atoms with Crippen molar-refractivity contribution in [2.24, 2.45) is 5.92 Å². The van der Waals surface area contributed by atoms with Crippen LogP contribution in [0.5, 0.6) is 0 Å². The van der Waals surface area contributed by atoms with Crippen LogP contribution in [0.4, 0.5) is 4.39 Å². The van der Waals surface area contributed by atoms with Crippen molar-refractivity contribution in [3.05, 3.63) is 71.5 Å². The number of nitrogens with zero attached hydrogens (tertiary/aromatic N) is 1. The van der Waals surface area contributed by atoms with Crippen molar-refractivity contribution in [1.29, 1.82) is 0 Å². The van der Waals surface area contributed by atoms with Crippen LogP contribution in [0.25, 0.3) is 0 Å². The fraction of sp³-hybridized carbons (Fsp3) is 0.417. The van der Waals surface area contributed by atoms with E-state index in [1.54, 1.807) is 6.92 Å².